The summed E-state index contributed by atoms with van der Waals surface area (Å²) >= 11 is 0. The molecular formula is C8H16O6. The summed E-state index contributed by atoms with van der Waals surface area (Å²) in [6, 6.07) is 0. The summed E-state index contributed by atoms with van der Waals surface area (Å²) in [4.78, 5) is 0. The number of rotatable bonds is 1. The lowest BCUT2D eigenvalue weighted by molar-refractivity contribution is -0.190. The lowest BCUT2D eigenvalue weighted by Gasteiger charge is -2.32. The fourth-order valence-corrected chi connectivity index (χ4v) is 1.41. The summed E-state index contributed by atoms with van der Waals surface area (Å²) in [6.45, 7) is -0.430. The van der Waals surface area contributed by atoms with Gasteiger partial charge in [0.1, 0.15) is 6.10 Å². The fourth-order valence-electron chi connectivity index (χ4n) is 1.41. The summed E-state index contributed by atoms with van der Waals surface area (Å²) < 4.78 is 4.84. The van der Waals surface area contributed by atoms with Crippen LogP contribution in [0.4, 0.5) is 0 Å². The first-order valence-electron chi connectivity index (χ1n) is 4.51. The Morgan fingerprint density at radius 1 is 1.07 bits per heavy atom. The first kappa shape index (κ1) is 11.8. The van der Waals surface area contributed by atoms with Gasteiger partial charge in [-0.25, -0.2) is 0 Å². The van der Waals surface area contributed by atoms with E-state index in [9.17, 15) is 15.3 Å². The third-order valence-electron chi connectivity index (χ3n) is 2.41. The molecular weight excluding hydrogens is 192 g/mol. The van der Waals surface area contributed by atoms with E-state index in [2.05, 4.69) is 0 Å². The van der Waals surface area contributed by atoms with Gasteiger partial charge in [0.15, 0.2) is 6.29 Å². The zero-order valence-electron chi connectivity index (χ0n) is 7.65. The van der Waals surface area contributed by atoms with E-state index in [1.54, 1.807) is 0 Å². The minimum absolute atomic E-state index is 0.0530. The molecule has 0 aromatic carbocycles. The molecule has 6 heteroatoms. The zero-order chi connectivity index (χ0) is 10.7. The van der Waals surface area contributed by atoms with Crippen molar-refractivity contribution < 1.29 is 30.3 Å². The van der Waals surface area contributed by atoms with Gasteiger partial charge >= 0.3 is 0 Å². The molecule has 0 aromatic rings. The molecule has 0 radical (unpaired) electrons. The van der Waals surface area contributed by atoms with Crippen molar-refractivity contribution in [1.82, 2.24) is 0 Å². The highest BCUT2D eigenvalue weighted by Crippen LogP contribution is 2.18. The van der Waals surface area contributed by atoms with Gasteiger partial charge in [-0.05, 0) is 0 Å². The van der Waals surface area contributed by atoms with Gasteiger partial charge in [-0.3, -0.25) is 0 Å². The number of aliphatic hydroxyl groups excluding tert-OH is 5. The Morgan fingerprint density at radius 2 is 1.71 bits per heavy atom. The van der Waals surface area contributed by atoms with Crippen molar-refractivity contribution in [3.05, 3.63) is 0 Å². The van der Waals surface area contributed by atoms with Crippen molar-refractivity contribution in [1.29, 1.82) is 0 Å². The van der Waals surface area contributed by atoms with Crippen molar-refractivity contribution in [2.45, 2.75) is 31.0 Å². The molecule has 1 fully saturated rings. The molecule has 0 bridgehead atoms. The van der Waals surface area contributed by atoms with Crippen molar-refractivity contribution in [2.75, 3.05) is 13.2 Å². The first-order valence-corrected chi connectivity index (χ1v) is 4.51. The molecule has 5 unspecified atom stereocenters. The second-order valence-electron chi connectivity index (χ2n) is 3.51. The van der Waals surface area contributed by atoms with Gasteiger partial charge in [0, 0.05) is 12.3 Å². The summed E-state index contributed by atoms with van der Waals surface area (Å²) in [7, 11) is 0. The van der Waals surface area contributed by atoms with Crippen molar-refractivity contribution in [2.24, 2.45) is 5.92 Å². The van der Waals surface area contributed by atoms with E-state index in [0.717, 1.165) is 0 Å². The van der Waals surface area contributed by atoms with Gasteiger partial charge in [-0.2, -0.15) is 0 Å². The van der Waals surface area contributed by atoms with Crippen LogP contribution in [0.5, 0.6) is 0 Å². The Morgan fingerprint density at radius 3 is 2.29 bits per heavy atom. The van der Waals surface area contributed by atoms with Crippen LogP contribution >= 0.6 is 0 Å². The van der Waals surface area contributed by atoms with Gasteiger partial charge in [0.05, 0.1) is 25.4 Å². The maximum absolute atomic E-state index is 9.47. The average Bonchev–Trinajstić information content (AvgIpc) is 2.15. The van der Waals surface area contributed by atoms with Gasteiger partial charge in [0.25, 0.3) is 0 Å². The smallest absolute Gasteiger partial charge is 0.157 e. The van der Waals surface area contributed by atoms with Gasteiger partial charge in [-0.1, -0.05) is 0 Å². The molecule has 1 aliphatic heterocycles. The predicted octanol–water partition coefficient (Wildman–Crippen LogP) is -2.58. The average molecular weight is 208 g/mol. The fraction of sp³-hybridized carbons (Fsp3) is 1.00. The second kappa shape index (κ2) is 5.01. The lowest BCUT2D eigenvalue weighted by atomic mass is 9.93. The Hall–Kier alpha value is -0.240. The Kier molecular flexibility index (Phi) is 4.24. The SMILES string of the molecule is OCC1COC(O)CC(O)C(O)C1O. The van der Waals surface area contributed by atoms with E-state index in [-0.39, 0.29) is 19.6 Å². The van der Waals surface area contributed by atoms with Crippen LogP contribution in [0, 0.1) is 5.92 Å². The van der Waals surface area contributed by atoms with E-state index in [0.29, 0.717) is 0 Å². The molecule has 0 aromatic heterocycles. The van der Waals surface area contributed by atoms with Gasteiger partial charge in [0.2, 0.25) is 0 Å². The van der Waals surface area contributed by atoms with Gasteiger partial charge in [-0.15, -0.1) is 0 Å². The van der Waals surface area contributed by atoms with Crippen LogP contribution in [-0.2, 0) is 4.74 Å². The highest BCUT2D eigenvalue weighted by molar-refractivity contribution is 4.83. The highest BCUT2D eigenvalue weighted by Gasteiger charge is 2.35. The third kappa shape index (κ3) is 2.63. The molecule has 0 saturated carbocycles. The van der Waals surface area contributed by atoms with Crippen LogP contribution in [0.1, 0.15) is 6.42 Å². The van der Waals surface area contributed by atoms with E-state index in [4.69, 9.17) is 14.9 Å². The molecule has 84 valence electrons. The zero-order valence-corrected chi connectivity index (χ0v) is 7.65. The maximum atomic E-state index is 9.47. The first-order chi connectivity index (χ1) is 6.56. The summed E-state index contributed by atoms with van der Waals surface area (Å²) in [5, 5.41) is 46.2. The summed E-state index contributed by atoms with van der Waals surface area (Å²) in [5.74, 6) is -0.699. The minimum atomic E-state index is -1.37. The number of hydrogen-bond acceptors (Lipinski definition) is 6. The molecule has 1 aliphatic rings. The minimum Gasteiger partial charge on any atom is -0.396 e. The highest BCUT2D eigenvalue weighted by atomic mass is 16.6. The molecule has 5 N–H and O–H groups in total. The van der Waals surface area contributed by atoms with E-state index in [1.807, 2.05) is 0 Å². The van der Waals surface area contributed by atoms with E-state index >= 15 is 0 Å². The monoisotopic (exact) mass is 208 g/mol. The third-order valence-corrected chi connectivity index (χ3v) is 2.41. The van der Waals surface area contributed by atoms with Crippen LogP contribution in [0.15, 0.2) is 0 Å². The molecule has 6 nitrogen and oxygen atoms in total. The van der Waals surface area contributed by atoms with Crippen LogP contribution in [0.2, 0.25) is 0 Å². The Balaban J connectivity index is 2.66. The second-order valence-corrected chi connectivity index (χ2v) is 3.51. The molecule has 5 atom stereocenters. The van der Waals surface area contributed by atoms with E-state index < -0.39 is 30.5 Å². The van der Waals surface area contributed by atoms with Crippen LogP contribution in [0.25, 0.3) is 0 Å². The number of ether oxygens (including phenoxy) is 1. The normalized spacial score (nSPS) is 45.6. The number of hydrogen-bond donors (Lipinski definition) is 5. The van der Waals surface area contributed by atoms with E-state index in [1.165, 1.54) is 0 Å². The van der Waals surface area contributed by atoms with Crippen LogP contribution in [0.3, 0.4) is 0 Å². The number of aliphatic hydroxyl groups is 5. The molecule has 0 spiro atoms. The van der Waals surface area contributed by atoms with Gasteiger partial charge < -0.3 is 30.3 Å². The van der Waals surface area contributed by atoms with Crippen molar-refractivity contribution >= 4 is 0 Å². The standard InChI is InChI=1S/C8H16O6/c9-2-4-3-14-6(11)1-5(10)8(13)7(4)12/h4-13H,1-3H2. The van der Waals surface area contributed by atoms with Crippen LogP contribution in [-0.4, -0.2) is 63.3 Å². The van der Waals surface area contributed by atoms with Crippen molar-refractivity contribution in [3.63, 3.8) is 0 Å². The molecule has 0 aliphatic carbocycles. The molecule has 1 saturated heterocycles. The Bertz CT molecular complexity index is 173. The van der Waals surface area contributed by atoms with Crippen molar-refractivity contribution in [3.8, 4) is 0 Å². The Labute approximate surface area is 81.4 Å². The predicted molar refractivity (Wildman–Crippen MR) is 45.2 cm³/mol. The summed E-state index contributed by atoms with van der Waals surface area (Å²) in [6.07, 6.45) is -5.21. The maximum Gasteiger partial charge on any atom is 0.157 e. The molecule has 0 amide bonds. The topological polar surface area (TPSA) is 110 Å². The molecule has 14 heavy (non-hydrogen) atoms. The van der Waals surface area contributed by atoms with Crippen LogP contribution < -0.4 is 0 Å². The molecule has 1 heterocycles. The quantitative estimate of drug-likeness (QED) is 0.323. The molecule has 1 rings (SSSR count). The summed E-state index contributed by atoms with van der Waals surface area (Å²) in [5.41, 5.74) is 0. The lowest BCUT2D eigenvalue weighted by Crippen LogP contribution is -2.48. The largest absolute Gasteiger partial charge is 0.396 e.